The summed E-state index contributed by atoms with van der Waals surface area (Å²) in [6.45, 7) is -0.443. The van der Waals surface area contributed by atoms with Gasteiger partial charge < -0.3 is 20.1 Å². The van der Waals surface area contributed by atoms with E-state index in [1.807, 2.05) is 4.90 Å². The molecule has 0 radical (unpaired) electrons. The fraction of sp³-hybridized carbons (Fsp3) is 0.545. The van der Waals surface area contributed by atoms with Gasteiger partial charge in [0.05, 0.1) is 18.9 Å². The van der Waals surface area contributed by atoms with Crippen molar-refractivity contribution in [3.05, 3.63) is 18.3 Å². The van der Waals surface area contributed by atoms with Crippen LogP contribution in [0, 0.1) is 0 Å². The number of nitrogens with two attached hydrogens (primary N) is 1. The van der Waals surface area contributed by atoms with E-state index in [9.17, 15) is 8.78 Å². The van der Waals surface area contributed by atoms with Gasteiger partial charge in [-0.2, -0.15) is 8.78 Å². The van der Waals surface area contributed by atoms with Crippen molar-refractivity contribution in [3.63, 3.8) is 0 Å². The molecule has 1 aliphatic rings. The Morgan fingerprint density at radius 1 is 1.56 bits per heavy atom. The van der Waals surface area contributed by atoms with E-state index in [0.717, 1.165) is 0 Å². The molecule has 1 saturated heterocycles. The molecule has 2 N–H and O–H groups in total. The fourth-order valence-corrected chi connectivity index (χ4v) is 1.80. The number of anilines is 1. The third kappa shape index (κ3) is 3.27. The summed E-state index contributed by atoms with van der Waals surface area (Å²) in [5, 5.41) is 0. The molecule has 7 heteroatoms. The van der Waals surface area contributed by atoms with Crippen molar-refractivity contribution in [1.82, 2.24) is 4.98 Å². The number of nitrogens with zero attached hydrogens (tertiary/aromatic N) is 2. The van der Waals surface area contributed by atoms with E-state index >= 15 is 0 Å². The number of ether oxygens (including phenoxy) is 2. The van der Waals surface area contributed by atoms with Crippen molar-refractivity contribution in [3.8, 4) is 5.75 Å². The molecule has 0 spiro atoms. The van der Waals surface area contributed by atoms with E-state index < -0.39 is 6.61 Å². The lowest BCUT2D eigenvalue weighted by Crippen LogP contribution is -2.46. The molecule has 1 aromatic rings. The van der Waals surface area contributed by atoms with Gasteiger partial charge in [0, 0.05) is 19.6 Å². The topological polar surface area (TPSA) is 60.6 Å². The Morgan fingerprint density at radius 2 is 2.39 bits per heavy atom. The lowest BCUT2D eigenvalue weighted by Gasteiger charge is -2.33. The molecule has 1 unspecified atom stereocenters. The number of aromatic nitrogens is 1. The highest BCUT2D eigenvalue weighted by Crippen LogP contribution is 2.19. The first kappa shape index (κ1) is 13.0. The normalized spacial score (nSPS) is 20.2. The Labute approximate surface area is 103 Å². The van der Waals surface area contributed by atoms with Crippen LogP contribution in [0.5, 0.6) is 5.75 Å². The number of rotatable bonds is 4. The number of hydrogen-bond acceptors (Lipinski definition) is 5. The first-order valence-corrected chi connectivity index (χ1v) is 5.66. The maximum absolute atomic E-state index is 12.0. The Kier molecular flexibility index (Phi) is 4.27. The first-order valence-electron chi connectivity index (χ1n) is 5.66. The predicted molar refractivity (Wildman–Crippen MR) is 61.9 cm³/mol. The maximum Gasteiger partial charge on any atom is 0.387 e. The highest BCUT2D eigenvalue weighted by Gasteiger charge is 2.20. The van der Waals surface area contributed by atoms with Crippen molar-refractivity contribution >= 4 is 5.82 Å². The lowest BCUT2D eigenvalue weighted by atomic mass is 10.2. The molecule has 0 saturated carbocycles. The summed E-state index contributed by atoms with van der Waals surface area (Å²) >= 11 is 0. The highest BCUT2D eigenvalue weighted by atomic mass is 19.3. The van der Waals surface area contributed by atoms with Gasteiger partial charge in [0.15, 0.2) is 0 Å². The number of alkyl halides is 2. The van der Waals surface area contributed by atoms with Gasteiger partial charge in [-0.05, 0) is 12.1 Å². The third-order valence-electron chi connectivity index (χ3n) is 2.67. The molecule has 0 bridgehead atoms. The van der Waals surface area contributed by atoms with Gasteiger partial charge >= 0.3 is 6.61 Å². The minimum atomic E-state index is -2.83. The zero-order valence-corrected chi connectivity index (χ0v) is 9.76. The molecular weight excluding hydrogens is 244 g/mol. The van der Waals surface area contributed by atoms with Crippen LogP contribution in [-0.2, 0) is 4.74 Å². The summed E-state index contributed by atoms with van der Waals surface area (Å²) < 4.78 is 33.6. The van der Waals surface area contributed by atoms with E-state index in [4.69, 9.17) is 10.5 Å². The highest BCUT2D eigenvalue weighted by molar-refractivity contribution is 5.41. The number of hydrogen-bond donors (Lipinski definition) is 1. The summed E-state index contributed by atoms with van der Waals surface area (Å²) in [7, 11) is 0. The van der Waals surface area contributed by atoms with Crippen LogP contribution in [0.4, 0.5) is 14.6 Å². The first-order chi connectivity index (χ1) is 8.69. The summed E-state index contributed by atoms with van der Waals surface area (Å²) in [4.78, 5) is 6.10. The zero-order chi connectivity index (χ0) is 13.0. The molecule has 0 aliphatic carbocycles. The maximum atomic E-state index is 12.0. The van der Waals surface area contributed by atoms with Crippen LogP contribution >= 0.6 is 0 Å². The number of halogens is 2. The standard InChI is InChI=1S/C11H15F2N3O2/c12-11(13)18-8-1-2-10(15-6-8)16-3-4-17-9(5-14)7-16/h1-2,6,9,11H,3-5,7,14H2. The quantitative estimate of drug-likeness (QED) is 0.868. The second-order valence-electron chi connectivity index (χ2n) is 3.91. The minimum Gasteiger partial charge on any atom is -0.433 e. The van der Waals surface area contributed by atoms with Crippen molar-refractivity contribution in [1.29, 1.82) is 0 Å². The van der Waals surface area contributed by atoms with Crippen LogP contribution in [0.1, 0.15) is 0 Å². The lowest BCUT2D eigenvalue weighted by molar-refractivity contribution is -0.0500. The van der Waals surface area contributed by atoms with Crippen LogP contribution in [0.15, 0.2) is 18.3 Å². The molecule has 1 aliphatic heterocycles. The molecule has 5 nitrogen and oxygen atoms in total. The van der Waals surface area contributed by atoms with E-state index in [0.29, 0.717) is 32.1 Å². The van der Waals surface area contributed by atoms with Crippen molar-refractivity contribution in [2.45, 2.75) is 12.7 Å². The molecular formula is C11H15F2N3O2. The molecule has 2 rings (SSSR count). The van der Waals surface area contributed by atoms with Gasteiger partial charge in [-0.1, -0.05) is 0 Å². The Morgan fingerprint density at radius 3 is 3.00 bits per heavy atom. The summed E-state index contributed by atoms with van der Waals surface area (Å²) in [6.07, 6.45) is 1.27. The summed E-state index contributed by atoms with van der Waals surface area (Å²) in [5.74, 6) is 0.760. The van der Waals surface area contributed by atoms with E-state index in [-0.39, 0.29) is 11.9 Å². The van der Waals surface area contributed by atoms with E-state index in [1.54, 1.807) is 6.07 Å². The van der Waals surface area contributed by atoms with Crippen molar-refractivity contribution < 1.29 is 18.3 Å². The smallest absolute Gasteiger partial charge is 0.387 e. The zero-order valence-electron chi connectivity index (χ0n) is 9.76. The second kappa shape index (κ2) is 5.92. The second-order valence-corrected chi connectivity index (χ2v) is 3.91. The minimum absolute atomic E-state index is 0.0162. The third-order valence-corrected chi connectivity index (χ3v) is 2.67. The van der Waals surface area contributed by atoms with E-state index in [2.05, 4.69) is 9.72 Å². The SMILES string of the molecule is NCC1CN(c2ccc(OC(F)F)cn2)CCO1. The molecule has 100 valence electrons. The van der Waals surface area contributed by atoms with Crippen LogP contribution in [0.25, 0.3) is 0 Å². The molecule has 18 heavy (non-hydrogen) atoms. The number of morpholine rings is 1. The van der Waals surface area contributed by atoms with Crippen LogP contribution in [0.3, 0.4) is 0 Å². The molecule has 1 aromatic heterocycles. The van der Waals surface area contributed by atoms with Crippen LogP contribution < -0.4 is 15.4 Å². The van der Waals surface area contributed by atoms with Crippen molar-refractivity contribution in [2.75, 3.05) is 31.1 Å². The molecule has 0 aromatic carbocycles. The van der Waals surface area contributed by atoms with Gasteiger partial charge in [-0.15, -0.1) is 0 Å². The van der Waals surface area contributed by atoms with Gasteiger partial charge in [0.25, 0.3) is 0 Å². The molecule has 1 atom stereocenters. The number of pyridine rings is 1. The Hall–Kier alpha value is -1.47. The average Bonchev–Trinajstić information content (AvgIpc) is 2.39. The van der Waals surface area contributed by atoms with Crippen LogP contribution in [0.2, 0.25) is 0 Å². The van der Waals surface area contributed by atoms with Crippen molar-refractivity contribution in [2.24, 2.45) is 5.73 Å². The van der Waals surface area contributed by atoms with E-state index in [1.165, 1.54) is 12.3 Å². The molecule has 1 fully saturated rings. The fourth-order valence-electron chi connectivity index (χ4n) is 1.80. The van der Waals surface area contributed by atoms with Gasteiger partial charge in [-0.3, -0.25) is 0 Å². The van der Waals surface area contributed by atoms with Gasteiger partial charge in [-0.25, -0.2) is 4.98 Å². The average molecular weight is 259 g/mol. The largest absolute Gasteiger partial charge is 0.433 e. The predicted octanol–water partition coefficient (Wildman–Crippen LogP) is 0.847. The molecule has 0 amide bonds. The summed E-state index contributed by atoms with van der Waals surface area (Å²) in [6, 6.07) is 3.12. The van der Waals surface area contributed by atoms with Crippen LogP contribution in [-0.4, -0.2) is 43.9 Å². The van der Waals surface area contributed by atoms with Gasteiger partial charge in [0.1, 0.15) is 11.6 Å². The molecule has 2 heterocycles. The summed E-state index contributed by atoms with van der Waals surface area (Å²) in [5.41, 5.74) is 5.55. The van der Waals surface area contributed by atoms with Gasteiger partial charge in [0.2, 0.25) is 0 Å². The Bertz CT molecular complexity index is 375. The Balaban J connectivity index is 2.00. The monoisotopic (exact) mass is 259 g/mol.